The Balaban J connectivity index is 0.00000192. The molecule has 1 aromatic heterocycles. The molecule has 1 aliphatic heterocycles. The molecule has 0 radical (unpaired) electrons. The maximum absolute atomic E-state index is 5.90. The van der Waals surface area contributed by atoms with Gasteiger partial charge in [-0.15, -0.1) is 35.3 Å². The Bertz CT molecular complexity index is 649. The molecule has 0 atom stereocenters. The van der Waals surface area contributed by atoms with E-state index in [0.29, 0.717) is 25.7 Å². The fourth-order valence-corrected chi connectivity index (χ4v) is 2.69. The predicted octanol–water partition coefficient (Wildman–Crippen LogP) is 2.89. The molecule has 0 fully saturated rings. The molecule has 0 amide bonds. The molecular formula is C15H19IN4O2S. The van der Waals surface area contributed by atoms with Crippen LogP contribution in [0.1, 0.15) is 11.4 Å². The van der Waals surface area contributed by atoms with Gasteiger partial charge in [0, 0.05) is 42.7 Å². The van der Waals surface area contributed by atoms with Crippen molar-refractivity contribution in [2.24, 2.45) is 10.7 Å². The van der Waals surface area contributed by atoms with Crippen molar-refractivity contribution in [3.63, 3.8) is 0 Å². The number of thiazole rings is 1. The number of ether oxygens (including phenoxy) is 2. The molecule has 2 heterocycles. The molecule has 6 nitrogen and oxygen atoms in total. The first-order chi connectivity index (χ1) is 10.8. The standard InChI is InChI=1S/C15H18N4O2S.HI/c16-15(18-5-4-14-17-6-9-22-14)19-11-2-3-12-13(10-11)21-8-1-7-20-12;/h2-3,6,9-10H,1,4-5,7-8H2,(H3,16,18,19);1H. The van der Waals surface area contributed by atoms with Gasteiger partial charge in [0.1, 0.15) is 0 Å². The zero-order valence-corrected chi connectivity index (χ0v) is 15.7. The van der Waals surface area contributed by atoms with Crippen LogP contribution in [0.2, 0.25) is 0 Å². The van der Waals surface area contributed by atoms with Crippen molar-refractivity contribution < 1.29 is 9.47 Å². The van der Waals surface area contributed by atoms with E-state index in [9.17, 15) is 0 Å². The summed E-state index contributed by atoms with van der Waals surface area (Å²) < 4.78 is 11.2. The minimum atomic E-state index is 0. The highest BCUT2D eigenvalue weighted by molar-refractivity contribution is 14.0. The molecule has 2 aromatic rings. The molecule has 0 aliphatic carbocycles. The topological polar surface area (TPSA) is 81.8 Å². The Labute approximate surface area is 156 Å². The van der Waals surface area contributed by atoms with Crippen LogP contribution in [0.15, 0.2) is 34.8 Å². The average Bonchev–Trinajstić information content (AvgIpc) is 2.91. The first kappa shape index (κ1) is 17.8. The molecule has 23 heavy (non-hydrogen) atoms. The number of guanidine groups is 1. The van der Waals surface area contributed by atoms with Crippen LogP contribution in [0.4, 0.5) is 5.69 Å². The number of nitrogens with zero attached hydrogens (tertiary/aromatic N) is 2. The van der Waals surface area contributed by atoms with Gasteiger partial charge in [0.2, 0.25) is 0 Å². The molecular weight excluding hydrogens is 427 g/mol. The van der Waals surface area contributed by atoms with Gasteiger partial charge < -0.3 is 20.5 Å². The molecule has 0 spiro atoms. The third-order valence-electron chi connectivity index (χ3n) is 3.11. The molecule has 0 bridgehead atoms. The van der Waals surface area contributed by atoms with Gasteiger partial charge >= 0.3 is 0 Å². The Morgan fingerprint density at radius 1 is 1.30 bits per heavy atom. The normalized spacial score (nSPS) is 13.8. The molecule has 8 heteroatoms. The number of aliphatic imine (C=N–C) groups is 1. The van der Waals surface area contributed by atoms with Crippen molar-refractivity contribution in [1.82, 2.24) is 4.98 Å². The number of aromatic nitrogens is 1. The smallest absolute Gasteiger partial charge is 0.193 e. The average molecular weight is 446 g/mol. The molecule has 1 aliphatic rings. The van der Waals surface area contributed by atoms with E-state index in [0.717, 1.165) is 35.0 Å². The van der Waals surface area contributed by atoms with Crippen molar-refractivity contribution in [2.45, 2.75) is 12.8 Å². The highest BCUT2D eigenvalue weighted by Crippen LogP contribution is 2.32. The van der Waals surface area contributed by atoms with E-state index >= 15 is 0 Å². The first-order valence-electron chi connectivity index (χ1n) is 7.16. The van der Waals surface area contributed by atoms with Gasteiger partial charge in [-0.3, -0.25) is 4.99 Å². The van der Waals surface area contributed by atoms with Crippen molar-refractivity contribution >= 4 is 47.0 Å². The van der Waals surface area contributed by atoms with Crippen LogP contribution in [-0.4, -0.2) is 30.7 Å². The molecule has 124 valence electrons. The third kappa shape index (κ3) is 5.24. The Morgan fingerprint density at radius 3 is 2.91 bits per heavy atom. The quantitative estimate of drug-likeness (QED) is 0.429. The number of hydrogen-bond acceptors (Lipinski definition) is 5. The zero-order chi connectivity index (χ0) is 15.2. The first-order valence-corrected chi connectivity index (χ1v) is 8.04. The number of anilines is 1. The third-order valence-corrected chi connectivity index (χ3v) is 3.95. The van der Waals surface area contributed by atoms with Gasteiger partial charge in [0.25, 0.3) is 0 Å². The lowest BCUT2D eigenvalue weighted by Crippen LogP contribution is -2.23. The molecule has 0 saturated heterocycles. The summed E-state index contributed by atoms with van der Waals surface area (Å²) in [5, 5.41) is 6.09. The van der Waals surface area contributed by atoms with Gasteiger partial charge in [0.15, 0.2) is 17.5 Å². The fourth-order valence-electron chi connectivity index (χ4n) is 2.08. The van der Waals surface area contributed by atoms with E-state index in [-0.39, 0.29) is 24.0 Å². The molecule has 3 N–H and O–H groups in total. The van der Waals surface area contributed by atoms with Crippen molar-refractivity contribution in [3.05, 3.63) is 34.8 Å². The van der Waals surface area contributed by atoms with Crippen molar-refractivity contribution in [1.29, 1.82) is 0 Å². The van der Waals surface area contributed by atoms with Gasteiger partial charge in [0.05, 0.1) is 18.2 Å². The minimum Gasteiger partial charge on any atom is -0.490 e. The number of hydrogen-bond donors (Lipinski definition) is 2. The highest BCUT2D eigenvalue weighted by atomic mass is 127. The van der Waals surface area contributed by atoms with Crippen LogP contribution in [-0.2, 0) is 6.42 Å². The van der Waals surface area contributed by atoms with Crippen LogP contribution in [0.5, 0.6) is 11.5 Å². The summed E-state index contributed by atoms with van der Waals surface area (Å²) in [7, 11) is 0. The number of halogens is 1. The van der Waals surface area contributed by atoms with Crippen LogP contribution in [0, 0.1) is 0 Å². The molecule has 0 saturated carbocycles. The molecule has 0 unspecified atom stereocenters. The summed E-state index contributed by atoms with van der Waals surface area (Å²) in [5.74, 6) is 1.88. The Kier molecular flexibility index (Phi) is 6.90. The highest BCUT2D eigenvalue weighted by Gasteiger charge is 2.10. The van der Waals surface area contributed by atoms with Gasteiger partial charge in [-0.1, -0.05) is 0 Å². The van der Waals surface area contributed by atoms with E-state index in [1.165, 1.54) is 0 Å². The van der Waals surface area contributed by atoms with E-state index in [2.05, 4.69) is 15.3 Å². The van der Waals surface area contributed by atoms with Crippen LogP contribution in [0.3, 0.4) is 0 Å². The van der Waals surface area contributed by atoms with E-state index in [1.54, 1.807) is 17.5 Å². The second-order valence-corrected chi connectivity index (χ2v) is 5.76. The number of fused-ring (bicyclic) bond motifs is 1. The lowest BCUT2D eigenvalue weighted by molar-refractivity contribution is 0.297. The van der Waals surface area contributed by atoms with Gasteiger partial charge in [-0.25, -0.2) is 4.98 Å². The van der Waals surface area contributed by atoms with Crippen LogP contribution in [0.25, 0.3) is 0 Å². The summed E-state index contributed by atoms with van der Waals surface area (Å²) in [6, 6.07) is 5.66. The van der Waals surface area contributed by atoms with Crippen LogP contribution >= 0.6 is 35.3 Å². The summed E-state index contributed by atoms with van der Waals surface area (Å²) in [6.45, 7) is 1.95. The van der Waals surface area contributed by atoms with Crippen molar-refractivity contribution in [2.75, 3.05) is 25.1 Å². The largest absolute Gasteiger partial charge is 0.490 e. The van der Waals surface area contributed by atoms with Crippen LogP contribution < -0.4 is 20.5 Å². The number of nitrogens with one attached hydrogen (secondary N) is 1. The fraction of sp³-hybridized carbons (Fsp3) is 0.333. The zero-order valence-electron chi connectivity index (χ0n) is 12.5. The molecule has 3 rings (SSSR count). The maximum atomic E-state index is 5.90. The Hall–Kier alpha value is -1.55. The lowest BCUT2D eigenvalue weighted by atomic mass is 10.3. The van der Waals surface area contributed by atoms with E-state index < -0.39 is 0 Å². The number of benzene rings is 1. The second-order valence-electron chi connectivity index (χ2n) is 4.78. The van der Waals surface area contributed by atoms with Gasteiger partial charge in [-0.05, 0) is 12.1 Å². The van der Waals surface area contributed by atoms with Crippen molar-refractivity contribution in [3.8, 4) is 11.5 Å². The Morgan fingerprint density at radius 2 is 2.13 bits per heavy atom. The second kappa shape index (κ2) is 8.92. The minimum absolute atomic E-state index is 0. The van der Waals surface area contributed by atoms with Gasteiger partial charge in [-0.2, -0.15) is 0 Å². The SMILES string of the molecule is I.NC(=NCCc1nccs1)Nc1ccc2c(c1)OCCCO2. The molecule has 1 aromatic carbocycles. The number of rotatable bonds is 4. The van der Waals surface area contributed by atoms with E-state index in [1.807, 2.05) is 23.6 Å². The summed E-state index contributed by atoms with van der Waals surface area (Å²) >= 11 is 1.62. The summed E-state index contributed by atoms with van der Waals surface area (Å²) in [4.78, 5) is 8.51. The monoisotopic (exact) mass is 446 g/mol. The summed E-state index contributed by atoms with van der Waals surface area (Å²) in [6.07, 6.45) is 3.47. The summed E-state index contributed by atoms with van der Waals surface area (Å²) in [5.41, 5.74) is 6.74. The maximum Gasteiger partial charge on any atom is 0.193 e. The van der Waals surface area contributed by atoms with E-state index in [4.69, 9.17) is 15.2 Å². The lowest BCUT2D eigenvalue weighted by Gasteiger charge is -2.10. The predicted molar refractivity (Wildman–Crippen MR) is 103 cm³/mol. The number of nitrogens with two attached hydrogens (primary N) is 1.